The van der Waals surface area contributed by atoms with Crippen LogP contribution in [0.3, 0.4) is 0 Å². The number of benzene rings is 2. The Morgan fingerprint density at radius 1 is 1.11 bits per heavy atom. The molecule has 1 unspecified atom stereocenters. The first-order chi connectivity index (χ1) is 16.3. The third-order valence-corrected chi connectivity index (χ3v) is 4.92. The van der Waals surface area contributed by atoms with Crippen molar-refractivity contribution in [1.29, 1.82) is 0 Å². The lowest BCUT2D eigenvalue weighted by atomic mass is 10.1. The highest BCUT2D eigenvalue weighted by Gasteiger charge is 2.37. The summed E-state index contributed by atoms with van der Waals surface area (Å²) >= 11 is 0. The number of hydrogen-bond donors (Lipinski definition) is 3. The summed E-state index contributed by atoms with van der Waals surface area (Å²) in [4.78, 5) is 13.0. The van der Waals surface area contributed by atoms with E-state index in [9.17, 15) is 40.6 Å². The van der Waals surface area contributed by atoms with Crippen LogP contribution in [0.25, 0.3) is 0 Å². The third kappa shape index (κ3) is 6.66. The minimum Gasteiger partial charge on any atom is -0.488 e. The van der Waals surface area contributed by atoms with E-state index in [-0.39, 0.29) is 30.6 Å². The van der Waals surface area contributed by atoms with Gasteiger partial charge in [-0.2, -0.15) is 26.3 Å². The number of cyclic esters (lactones) is 1. The Kier molecular flexibility index (Phi) is 7.65. The average Bonchev–Trinajstić information content (AvgIpc) is 3.16. The number of anilines is 2. The lowest BCUT2D eigenvalue weighted by Crippen LogP contribution is -2.28. The molecule has 0 bridgehead atoms. The third-order valence-electron chi connectivity index (χ3n) is 4.92. The predicted octanol–water partition coefficient (Wildman–Crippen LogP) is 4.00. The average molecular weight is 511 g/mol. The number of ether oxygens (including phenoxy) is 2. The van der Waals surface area contributed by atoms with Gasteiger partial charge in [-0.1, -0.05) is 0 Å². The Labute approximate surface area is 194 Å². The first-order valence-corrected chi connectivity index (χ1v) is 10.1. The summed E-state index contributed by atoms with van der Waals surface area (Å²) < 4.78 is 102. The SMILES string of the molecule is NC[C@H]1CN(c2ccc(OCC(O)CNc3cc(C(F)(F)F)cc(C(F)(F)F)c3)c(F)c2)C(=O)O1. The predicted molar refractivity (Wildman–Crippen MR) is 110 cm³/mol. The molecule has 1 saturated heterocycles. The van der Waals surface area contributed by atoms with Gasteiger partial charge >= 0.3 is 18.4 Å². The number of nitrogens with zero attached hydrogens (tertiary/aromatic N) is 1. The Balaban J connectivity index is 1.60. The molecule has 2 aromatic carbocycles. The molecule has 1 amide bonds. The van der Waals surface area contributed by atoms with Gasteiger partial charge in [-0.05, 0) is 30.3 Å². The van der Waals surface area contributed by atoms with Crippen LogP contribution in [-0.2, 0) is 17.1 Å². The van der Waals surface area contributed by atoms with E-state index >= 15 is 0 Å². The molecule has 4 N–H and O–H groups in total. The van der Waals surface area contributed by atoms with Crippen molar-refractivity contribution < 1.29 is 50.1 Å². The van der Waals surface area contributed by atoms with E-state index in [4.69, 9.17) is 15.2 Å². The second-order valence-corrected chi connectivity index (χ2v) is 7.61. The van der Waals surface area contributed by atoms with Gasteiger partial charge in [0.2, 0.25) is 0 Å². The largest absolute Gasteiger partial charge is 0.488 e. The van der Waals surface area contributed by atoms with E-state index in [2.05, 4.69) is 5.32 Å². The summed E-state index contributed by atoms with van der Waals surface area (Å²) in [6, 6.07) is 4.48. The summed E-state index contributed by atoms with van der Waals surface area (Å²) in [6.45, 7) is -0.797. The zero-order valence-corrected chi connectivity index (χ0v) is 17.8. The number of carbonyl (C=O) groups is 1. The molecule has 1 aliphatic rings. The molecule has 14 heteroatoms. The highest BCUT2D eigenvalue weighted by atomic mass is 19.4. The van der Waals surface area contributed by atoms with Crippen molar-refractivity contribution in [1.82, 2.24) is 0 Å². The number of rotatable bonds is 8. The number of hydrogen-bond acceptors (Lipinski definition) is 6. The molecule has 1 fully saturated rings. The zero-order chi connectivity index (χ0) is 26.0. The fraction of sp³-hybridized carbons (Fsp3) is 0.381. The second-order valence-electron chi connectivity index (χ2n) is 7.61. The molecular formula is C21H20F7N3O4. The summed E-state index contributed by atoms with van der Waals surface area (Å²) in [5.41, 5.74) is 2.09. The van der Waals surface area contributed by atoms with Gasteiger partial charge in [0.25, 0.3) is 0 Å². The molecule has 7 nitrogen and oxygen atoms in total. The Morgan fingerprint density at radius 3 is 2.26 bits per heavy atom. The van der Waals surface area contributed by atoms with Gasteiger partial charge in [-0.25, -0.2) is 9.18 Å². The summed E-state index contributed by atoms with van der Waals surface area (Å²) in [5.74, 6) is -1.17. The van der Waals surface area contributed by atoms with Crippen molar-refractivity contribution in [2.75, 3.05) is 36.5 Å². The van der Waals surface area contributed by atoms with Crippen molar-refractivity contribution in [2.45, 2.75) is 24.6 Å². The highest BCUT2D eigenvalue weighted by molar-refractivity contribution is 5.89. The van der Waals surface area contributed by atoms with Gasteiger partial charge in [-0.3, -0.25) is 4.90 Å². The Morgan fingerprint density at radius 2 is 1.74 bits per heavy atom. The lowest BCUT2D eigenvalue weighted by Gasteiger charge is -2.18. The van der Waals surface area contributed by atoms with Gasteiger partial charge in [0, 0.05) is 24.8 Å². The molecule has 0 spiro atoms. The first kappa shape index (κ1) is 26.3. The van der Waals surface area contributed by atoms with E-state index in [0.29, 0.717) is 12.1 Å². The van der Waals surface area contributed by atoms with Crippen LogP contribution in [0.1, 0.15) is 11.1 Å². The van der Waals surface area contributed by atoms with Crippen LogP contribution in [0, 0.1) is 5.82 Å². The maximum absolute atomic E-state index is 14.4. The molecular weight excluding hydrogens is 491 g/mol. The van der Waals surface area contributed by atoms with Crippen LogP contribution in [0.2, 0.25) is 0 Å². The molecule has 192 valence electrons. The van der Waals surface area contributed by atoms with Crippen LogP contribution in [0.15, 0.2) is 36.4 Å². The summed E-state index contributed by atoms with van der Waals surface area (Å²) in [6.07, 6.45) is -12.7. The lowest BCUT2D eigenvalue weighted by molar-refractivity contribution is -0.143. The second kappa shape index (κ2) is 10.2. The maximum atomic E-state index is 14.4. The molecule has 0 saturated carbocycles. The molecule has 2 aromatic rings. The smallest absolute Gasteiger partial charge is 0.416 e. The van der Waals surface area contributed by atoms with Crippen LogP contribution in [-0.4, -0.2) is 49.6 Å². The van der Waals surface area contributed by atoms with Gasteiger partial charge < -0.3 is 25.6 Å². The topological polar surface area (TPSA) is 97.0 Å². The van der Waals surface area contributed by atoms with Crippen LogP contribution >= 0.6 is 0 Å². The van der Waals surface area contributed by atoms with Gasteiger partial charge in [-0.15, -0.1) is 0 Å². The highest BCUT2D eigenvalue weighted by Crippen LogP contribution is 2.37. The number of amides is 1. The number of carbonyl (C=O) groups excluding carboxylic acids is 1. The number of nitrogens with two attached hydrogens (primary N) is 1. The minimum absolute atomic E-state index is 0.0187. The quantitative estimate of drug-likeness (QED) is 0.464. The molecule has 0 aromatic heterocycles. The van der Waals surface area contributed by atoms with E-state index in [1.54, 1.807) is 0 Å². The van der Waals surface area contributed by atoms with E-state index in [1.165, 1.54) is 17.0 Å². The number of aliphatic hydroxyl groups excluding tert-OH is 1. The van der Waals surface area contributed by atoms with Crippen LogP contribution in [0.4, 0.5) is 46.9 Å². The monoisotopic (exact) mass is 511 g/mol. The van der Waals surface area contributed by atoms with E-state index in [0.717, 1.165) is 6.07 Å². The van der Waals surface area contributed by atoms with Crippen LogP contribution in [0.5, 0.6) is 5.75 Å². The first-order valence-electron chi connectivity index (χ1n) is 10.1. The molecule has 1 aliphatic heterocycles. The molecule has 2 atom stereocenters. The van der Waals surface area contributed by atoms with Gasteiger partial charge in [0.15, 0.2) is 11.6 Å². The number of alkyl halides is 6. The number of halogens is 7. The number of nitrogens with one attached hydrogen (secondary N) is 1. The van der Waals surface area contributed by atoms with Crippen molar-refractivity contribution in [3.63, 3.8) is 0 Å². The standard InChI is InChI=1S/C21H20F7N3O4/c22-17-6-14(31-9-16(7-29)35-19(31)33)1-2-18(17)34-10-15(32)8-30-13-4-11(20(23,24)25)3-12(5-13)21(26,27)28/h1-6,15-16,30,32H,7-10,29H2/t15?,16-/m0/s1. The van der Waals surface area contributed by atoms with E-state index < -0.39 is 66.4 Å². The molecule has 3 rings (SSSR count). The van der Waals surface area contributed by atoms with Crippen molar-refractivity contribution in [3.8, 4) is 5.75 Å². The Bertz CT molecular complexity index is 1030. The Hall–Kier alpha value is -3.26. The fourth-order valence-electron chi connectivity index (χ4n) is 3.17. The minimum atomic E-state index is -5.01. The van der Waals surface area contributed by atoms with Gasteiger partial charge in [0.1, 0.15) is 18.8 Å². The molecule has 0 radical (unpaired) electrons. The zero-order valence-electron chi connectivity index (χ0n) is 17.8. The summed E-state index contributed by atoms with van der Waals surface area (Å²) in [7, 11) is 0. The maximum Gasteiger partial charge on any atom is 0.416 e. The number of aliphatic hydroxyl groups is 1. The van der Waals surface area contributed by atoms with Crippen molar-refractivity contribution in [2.24, 2.45) is 5.73 Å². The van der Waals surface area contributed by atoms with Gasteiger partial charge in [0.05, 0.1) is 23.4 Å². The van der Waals surface area contributed by atoms with E-state index in [1.807, 2.05) is 0 Å². The normalized spacial score (nSPS) is 17.3. The van der Waals surface area contributed by atoms with Crippen molar-refractivity contribution >= 4 is 17.5 Å². The van der Waals surface area contributed by atoms with Crippen molar-refractivity contribution in [3.05, 3.63) is 53.3 Å². The molecule has 0 aliphatic carbocycles. The molecule has 35 heavy (non-hydrogen) atoms. The fourth-order valence-corrected chi connectivity index (χ4v) is 3.17. The van der Waals surface area contributed by atoms with Crippen LogP contribution < -0.4 is 20.7 Å². The summed E-state index contributed by atoms with van der Waals surface area (Å²) in [5, 5.41) is 12.3. The molecule has 1 heterocycles.